The third-order valence-corrected chi connectivity index (χ3v) is 3.63. The summed E-state index contributed by atoms with van der Waals surface area (Å²) >= 11 is 5.86. The van der Waals surface area contributed by atoms with Crippen molar-refractivity contribution in [1.29, 1.82) is 0 Å². The molecule has 0 spiro atoms. The summed E-state index contributed by atoms with van der Waals surface area (Å²) in [5.41, 5.74) is 0.919. The van der Waals surface area contributed by atoms with Crippen molar-refractivity contribution in [2.24, 2.45) is 0 Å². The van der Waals surface area contributed by atoms with Crippen LogP contribution in [0.3, 0.4) is 0 Å². The first-order valence-corrected chi connectivity index (χ1v) is 6.32. The topological polar surface area (TPSA) is 74.6 Å². The van der Waals surface area contributed by atoms with Crippen LogP contribution in [0.4, 0.5) is 0 Å². The second-order valence-corrected chi connectivity index (χ2v) is 5.64. The van der Waals surface area contributed by atoms with E-state index in [9.17, 15) is 13.5 Å². The fourth-order valence-corrected chi connectivity index (χ4v) is 2.42. The Bertz CT molecular complexity index is 560. The Morgan fingerprint density at radius 2 is 2.06 bits per heavy atom. The van der Waals surface area contributed by atoms with Crippen LogP contribution in [0.1, 0.15) is 17.5 Å². The molecule has 1 unspecified atom stereocenters. The van der Waals surface area contributed by atoms with Gasteiger partial charge in [-0.2, -0.15) is 8.42 Å². The van der Waals surface area contributed by atoms with Crippen molar-refractivity contribution in [1.82, 2.24) is 0 Å². The molecule has 0 aromatic heterocycles. The van der Waals surface area contributed by atoms with Gasteiger partial charge < -0.3 is 5.11 Å². The average Bonchev–Trinajstić information content (AvgIpc) is 2.15. The van der Waals surface area contributed by atoms with Gasteiger partial charge in [-0.1, -0.05) is 29.8 Å². The monoisotopic (exact) mass is 260 g/mol. The van der Waals surface area contributed by atoms with Gasteiger partial charge in [-0.3, -0.25) is 4.55 Å². The van der Waals surface area contributed by atoms with Gasteiger partial charge in [0, 0.05) is 12.0 Å². The Hall–Kier alpha value is -0.880. The summed E-state index contributed by atoms with van der Waals surface area (Å²) in [6.45, 7) is 0. The molecule has 1 aromatic rings. The van der Waals surface area contributed by atoms with Gasteiger partial charge in [-0.15, -0.1) is 0 Å². The highest BCUT2D eigenvalue weighted by atomic mass is 35.5. The number of fused-ring (bicyclic) bond motifs is 1. The number of hydrogen-bond acceptors (Lipinski definition) is 3. The highest BCUT2D eigenvalue weighted by Gasteiger charge is 2.30. The molecule has 0 amide bonds. The van der Waals surface area contributed by atoms with E-state index in [1.807, 2.05) is 0 Å². The van der Waals surface area contributed by atoms with Crippen LogP contribution >= 0.6 is 11.6 Å². The van der Waals surface area contributed by atoms with Crippen LogP contribution in [-0.2, 0) is 15.2 Å². The van der Waals surface area contributed by atoms with E-state index < -0.39 is 15.2 Å². The van der Waals surface area contributed by atoms with Crippen LogP contribution in [-0.4, -0.2) is 18.1 Å². The van der Waals surface area contributed by atoms with Crippen LogP contribution < -0.4 is 0 Å². The van der Waals surface area contributed by atoms with Crippen LogP contribution in [0.15, 0.2) is 29.2 Å². The van der Waals surface area contributed by atoms with E-state index in [-0.39, 0.29) is 11.3 Å². The van der Waals surface area contributed by atoms with Gasteiger partial charge >= 0.3 is 0 Å². The summed E-state index contributed by atoms with van der Waals surface area (Å²) in [5, 5.41) is 8.31. The SMILES string of the molecule is O=S(=O)(O)c1ccc2c(c1)C=CCC2(O)Cl. The Morgan fingerprint density at radius 1 is 1.38 bits per heavy atom. The smallest absolute Gasteiger partial charge is 0.294 e. The molecule has 2 N–H and O–H groups in total. The zero-order valence-electron chi connectivity index (χ0n) is 8.09. The first-order valence-electron chi connectivity index (χ1n) is 4.50. The summed E-state index contributed by atoms with van der Waals surface area (Å²) < 4.78 is 30.7. The summed E-state index contributed by atoms with van der Waals surface area (Å²) in [7, 11) is -4.23. The Kier molecular flexibility index (Phi) is 2.58. The summed E-state index contributed by atoms with van der Waals surface area (Å²) in [6.07, 6.45) is 3.55. The quantitative estimate of drug-likeness (QED) is 0.596. The highest BCUT2D eigenvalue weighted by Crippen LogP contribution is 2.37. The highest BCUT2D eigenvalue weighted by molar-refractivity contribution is 7.85. The lowest BCUT2D eigenvalue weighted by atomic mass is 9.94. The fraction of sp³-hybridized carbons (Fsp3) is 0.200. The third kappa shape index (κ3) is 1.99. The number of rotatable bonds is 1. The van der Waals surface area contributed by atoms with Crippen molar-refractivity contribution in [3.05, 3.63) is 35.4 Å². The molecule has 0 saturated carbocycles. The lowest BCUT2D eigenvalue weighted by Gasteiger charge is -2.25. The van der Waals surface area contributed by atoms with E-state index in [1.54, 1.807) is 12.2 Å². The van der Waals surface area contributed by atoms with Gasteiger partial charge in [0.25, 0.3) is 10.1 Å². The van der Waals surface area contributed by atoms with Crippen molar-refractivity contribution < 1.29 is 18.1 Å². The zero-order valence-corrected chi connectivity index (χ0v) is 9.66. The molecule has 0 fully saturated rings. The molecule has 6 heteroatoms. The predicted molar refractivity (Wildman–Crippen MR) is 59.7 cm³/mol. The van der Waals surface area contributed by atoms with Crippen molar-refractivity contribution in [3.8, 4) is 0 Å². The molecule has 0 aliphatic heterocycles. The van der Waals surface area contributed by atoms with Crippen LogP contribution in [0.5, 0.6) is 0 Å². The molecule has 2 rings (SSSR count). The molecule has 1 atom stereocenters. The molecular formula is C10H9ClO4S. The maximum absolute atomic E-state index is 10.9. The van der Waals surface area contributed by atoms with Crippen molar-refractivity contribution in [2.45, 2.75) is 16.4 Å². The van der Waals surface area contributed by atoms with Crippen molar-refractivity contribution in [3.63, 3.8) is 0 Å². The van der Waals surface area contributed by atoms with Gasteiger partial charge in [0.15, 0.2) is 5.06 Å². The fourth-order valence-electron chi connectivity index (χ4n) is 1.64. The van der Waals surface area contributed by atoms with Gasteiger partial charge in [-0.25, -0.2) is 0 Å². The number of hydrogen-bond donors (Lipinski definition) is 2. The normalized spacial score (nSPS) is 24.2. The molecule has 86 valence electrons. The minimum Gasteiger partial charge on any atom is -0.370 e. The third-order valence-electron chi connectivity index (χ3n) is 2.42. The Balaban J connectivity index is 2.62. The minimum absolute atomic E-state index is 0.217. The summed E-state index contributed by atoms with van der Waals surface area (Å²) in [4.78, 5) is -0.217. The predicted octanol–water partition coefficient (Wildman–Crippen LogP) is 1.73. The van der Waals surface area contributed by atoms with Crippen molar-refractivity contribution in [2.75, 3.05) is 0 Å². The first-order chi connectivity index (χ1) is 7.31. The van der Waals surface area contributed by atoms with E-state index >= 15 is 0 Å². The van der Waals surface area contributed by atoms with Gasteiger partial charge in [0.1, 0.15) is 0 Å². The second-order valence-electron chi connectivity index (χ2n) is 3.59. The number of benzene rings is 1. The van der Waals surface area contributed by atoms with Crippen LogP contribution in [0, 0.1) is 0 Å². The van der Waals surface area contributed by atoms with E-state index in [1.165, 1.54) is 18.2 Å². The number of aliphatic hydroxyl groups is 1. The molecule has 0 saturated heterocycles. The molecule has 1 aliphatic rings. The molecule has 1 aliphatic carbocycles. The molecule has 16 heavy (non-hydrogen) atoms. The van der Waals surface area contributed by atoms with Crippen molar-refractivity contribution >= 4 is 27.8 Å². The molecule has 4 nitrogen and oxygen atoms in total. The van der Waals surface area contributed by atoms with Gasteiger partial charge in [-0.05, 0) is 17.7 Å². The van der Waals surface area contributed by atoms with E-state index in [0.29, 0.717) is 11.1 Å². The molecule has 0 heterocycles. The number of alkyl halides is 1. The van der Waals surface area contributed by atoms with Gasteiger partial charge in [0.05, 0.1) is 4.90 Å². The lowest BCUT2D eigenvalue weighted by Crippen LogP contribution is -2.20. The second kappa shape index (κ2) is 3.56. The zero-order chi connectivity index (χ0) is 12.0. The van der Waals surface area contributed by atoms with E-state index in [4.69, 9.17) is 16.2 Å². The maximum Gasteiger partial charge on any atom is 0.294 e. The van der Waals surface area contributed by atoms with Crippen LogP contribution in [0.2, 0.25) is 0 Å². The van der Waals surface area contributed by atoms with Crippen LogP contribution in [0.25, 0.3) is 6.08 Å². The van der Waals surface area contributed by atoms with Gasteiger partial charge in [0.2, 0.25) is 0 Å². The molecule has 1 aromatic carbocycles. The number of halogens is 1. The van der Waals surface area contributed by atoms with E-state index in [2.05, 4.69) is 0 Å². The standard InChI is InChI=1S/C10H9ClO4S/c11-10(12)5-1-2-7-6-8(16(13,14)15)3-4-9(7)10/h1-4,6,12H,5H2,(H,13,14,15). The molecule has 0 radical (unpaired) electrons. The Morgan fingerprint density at radius 3 is 2.69 bits per heavy atom. The minimum atomic E-state index is -4.23. The first kappa shape index (κ1) is 11.6. The summed E-state index contributed by atoms with van der Waals surface area (Å²) in [6, 6.07) is 3.88. The average molecular weight is 261 g/mol. The largest absolute Gasteiger partial charge is 0.370 e. The van der Waals surface area contributed by atoms with E-state index in [0.717, 1.165) is 0 Å². The summed E-state index contributed by atoms with van der Waals surface area (Å²) in [5.74, 6) is 0. The lowest BCUT2D eigenvalue weighted by molar-refractivity contribution is 0.131. The molecular weight excluding hydrogens is 252 g/mol. The Labute approximate surface area is 97.9 Å². The molecule has 0 bridgehead atoms. The maximum atomic E-state index is 10.9.